The first-order valence-electron chi connectivity index (χ1n) is 9.11. The van der Waals surface area contributed by atoms with Gasteiger partial charge in [-0.3, -0.25) is 14.4 Å². The van der Waals surface area contributed by atoms with E-state index in [4.69, 9.17) is 0 Å². The van der Waals surface area contributed by atoms with Crippen LogP contribution < -0.4 is 10.6 Å². The lowest BCUT2D eigenvalue weighted by Gasteiger charge is -2.42. The van der Waals surface area contributed by atoms with Crippen LogP contribution in [0.4, 0.5) is 0 Å². The molecule has 0 unspecified atom stereocenters. The lowest BCUT2D eigenvalue weighted by atomic mass is 9.95. The van der Waals surface area contributed by atoms with E-state index >= 15 is 0 Å². The van der Waals surface area contributed by atoms with E-state index in [1.54, 1.807) is 9.80 Å². The predicted octanol–water partition coefficient (Wildman–Crippen LogP) is -2.30. The Morgan fingerprint density at radius 2 is 1.81 bits per heavy atom. The third kappa shape index (κ3) is 4.72. The first-order chi connectivity index (χ1) is 12.3. The molecule has 2 aliphatic rings. The number of amides is 3. The van der Waals surface area contributed by atoms with Crippen LogP contribution in [0.1, 0.15) is 26.7 Å². The van der Waals surface area contributed by atoms with Gasteiger partial charge in [0.05, 0.1) is 26.7 Å². The summed E-state index contributed by atoms with van der Waals surface area (Å²) in [5.74, 6) is -1.25. The molecule has 0 bridgehead atoms. The number of nitrogens with two attached hydrogens (primary N) is 1. The Balaban J connectivity index is 2.13. The van der Waals surface area contributed by atoms with Crippen LogP contribution in [0.5, 0.6) is 0 Å². The van der Waals surface area contributed by atoms with E-state index in [0.29, 0.717) is 13.1 Å². The van der Waals surface area contributed by atoms with Crippen LogP contribution >= 0.6 is 0 Å². The molecule has 0 saturated carbocycles. The molecule has 2 heterocycles. The zero-order valence-corrected chi connectivity index (χ0v) is 15.7. The molecule has 0 radical (unpaired) electrons. The second kappa shape index (κ2) is 8.98. The topological polar surface area (TPSA) is 113 Å². The Morgan fingerprint density at radius 3 is 2.38 bits per heavy atom. The number of quaternary nitrogens is 1. The van der Waals surface area contributed by atoms with Gasteiger partial charge in [0.25, 0.3) is 0 Å². The van der Waals surface area contributed by atoms with Gasteiger partial charge in [0.2, 0.25) is 17.7 Å². The third-order valence-electron chi connectivity index (χ3n) is 5.11. The first kappa shape index (κ1) is 20.2. The fourth-order valence-corrected chi connectivity index (χ4v) is 3.51. The average Bonchev–Trinajstić information content (AvgIpc) is 2.66. The van der Waals surface area contributed by atoms with Gasteiger partial charge in [-0.05, 0) is 6.92 Å². The van der Waals surface area contributed by atoms with E-state index in [0.717, 1.165) is 25.9 Å². The van der Waals surface area contributed by atoms with Crippen molar-refractivity contribution in [3.05, 3.63) is 0 Å². The summed E-state index contributed by atoms with van der Waals surface area (Å²) in [7, 11) is 1.25. The van der Waals surface area contributed by atoms with Crippen LogP contribution in [-0.4, -0.2) is 85.4 Å². The van der Waals surface area contributed by atoms with Crippen LogP contribution in [-0.2, 0) is 23.9 Å². The Bertz CT molecular complexity index is 561. The lowest BCUT2D eigenvalue weighted by Crippen LogP contribution is -2.86. The predicted molar refractivity (Wildman–Crippen MR) is 91.8 cm³/mol. The molecule has 2 saturated heterocycles. The highest BCUT2D eigenvalue weighted by Crippen LogP contribution is 2.19. The molecule has 0 aromatic rings. The zero-order chi connectivity index (χ0) is 19.3. The summed E-state index contributed by atoms with van der Waals surface area (Å²) in [6.45, 7) is 5.65. The molecule has 0 aromatic carbocycles. The summed E-state index contributed by atoms with van der Waals surface area (Å²) in [5.41, 5.74) is 0. The number of hydrogen-bond acceptors (Lipinski definition) is 5. The molecule has 0 spiro atoms. The van der Waals surface area contributed by atoms with Crippen molar-refractivity contribution < 1.29 is 29.2 Å². The second-order valence-corrected chi connectivity index (χ2v) is 6.91. The minimum absolute atomic E-state index is 0.0350. The largest absolute Gasteiger partial charge is 0.467 e. The fraction of sp³-hybridized carbons (Fsp3) is 0.765. The van der Waals surface area contributed by atoms with Gasteiger partial charge in [-0.15, -0.1) is 0 Å². The maximum atomic E-state index is 13.0. The average molecular weight is 369 g/mol. The monoisotopic (exact) mass is 369 g/mol. The van der Waals surface area contributed by atoms with E-state index in [2.05, 4.69) is 15.4 Å². The quantitative estimate of drug-likeness (QED) is 0.541. The van der Waals surface area contributed by atoms with Gasteiger partial charge in [0.15, 0.2) is 0 Å². The van der Waals surface area contributed by atoms with Crippen LogP contribution in [0.2, 0.25) is 0 Å². The Labute approximate surface area is 153 Å². The van der Waals surface area contributed by atoms with Crippen molar-refractivity contribution in [2.75, 3.05) is 39.8 Å². The number of rotatable bonds is 4. The summed E-state index contributed by atoms with van der Waals surface area (Å²) >= 11 is 0. The summed E-state index contributed by atoms with van der Waals surface area (Å²) in [6.07, 6.45) is 1.58. The standard InChI is InChI=1S/C17H28N4O5/c1-11(17(25)26-3)19-15(23)14-10-20(12(2)22)8-9-21(14)16(24)13-4-6-18-7-5-13/h11,13-14,18H,4-10H2,1-3H3,(H,19,23)/p+1/t11-,14-/m1/s1. The molecule has 26 heavy (non-hydrogen) atoms. The number of esters is 1. The minimum Gasteiger partial charge on any atom is -0.467 e. The van der Waals surface area contributed by atoms with Crippen molar-refractivity contribution in [1.82, 2.24) is 15.1 Å². The molecule has 0 aliphatic carbocycles. The Morgan fingerprint density at radius 1 is 1.15 bits per heavy atom. The molecular weight excluding hydrogens is 340 g/mol. The summed E-state index contributed by atoms with van der Waals surface area (Å²) in [4.78, 5) is 52.1. The molecule has 3 N–H and O–H groups in total. The van der Waals surface area contributed by atoms with Crippen molar-refractivity contribution in [2.24, 2.45) is 5.92 Å². The fourth-order valence-electron chi connectivity index (χ4n) is 3.51. The van der Waals surface area contributed by atoms with Crippen molar-refractivity contribution in [3.8, 4) is 0 Å². The highest BCUT2D eigenvalue weighted by molar-refractivity contribution is 5.92. The number of nitrogens with one attached hydrogen (secondary N) is 1. The van der Waals surface area contributed by atoms with E-state index in [1.165, 1.54) is 21.0 Å². The van der Waals surface area contributed by atoms with Crippen LogP contribution in [0.3, 0.4) is 0 Å². The second-order valence-electron chi connectivity index (χ2n) is 6.91. The van der Waals surface area contributed by atoms with Crippen LogP contribution in [0, 0.1) is 5.92 Å². The molecule has 2 atom stereocenters. The summed E-state index contributed by atoms with van der Waals surface area (Å²) in [6, 6.07) is -1.61. The van der Waals surface area contributed by atoms with Crippen LogP contribution in [0.25, 0.3) is 0 Å². The van der Waals surface area contributed by atoms with Gasteiger partial charge < -0.3 is 25.2 Å². The van der Waals surface area contributed by atoms with E-state index in [-0.39, 0.29) is 24.3 Å². The number of piperazine rings is 1. The van der Waals surface area contributed by atoms with Crippen molar-refractivity contribution in [2.45, 2.75) is 38.8 Å². The molecule has 3 amide bonds. The van der Waals surface area contributed by atoms with E-state index in [9.17, 15) is 19.2 Å². The molecule has 2 fully saturated rings. The molecular formula is C17H29N4O5+. The highest BCUT2D eigenvalue weighted by atomic mass is 16.5. The Kier molecular flexibility index (Phi) is 6.96. The molecule has 9 heteroatoms. The maximum absolute atomic E-state index is 13.0. The number of carbonyl (C=O) groups excluding carboxylic acids is 4. The summed E-state index contributed by atoms with van der Waals surface area (Å²) in [5, 5.41) is 4.78. The van der Waals surface area contributed by atoms with Gasteiger partial charge in [0.1, 0.15) is 12.1 Å². The summed E-state index contributed by atoms with van der Waals surface area (Å²) < 4.78 is 4.63. The zero-order valence-electron chi connectivity index (χ0n) is 15.7. The normalized spacial score (nSPS) is 22.5. The van der Waals surface area contributed by atoms with Gasteiger partial charge >= 0.3 is 5.97 Å². The van der Waals surface area contributed by atoms with Crippen molar-refractivity contribution >= 4 is 23.7 Å². The third-order valence-corrected chi connectivity index (χ3v) is 5.11. The molecule has 0 aromatic heterocycles. The molecule has 2 aliphatic heterocycles. The van der Waals surface area contributed by atoms with Crippen molar-refractivity contribution in [3.63, 3.8) is 0 Å². The van der Waals surface area contributed by atoms with E-state index in [1.807, 2.05) is 0 Å². The van der Waals surface area contributed by atoms with Gasteiger partial charge in [-0.25, -0.2) is 4.79 Å². The maximum Gasteiger partial charge on any atom is 0.328 e. The number of carbonyl (C=O) groups is 4. The van der Waals surface area contributed by atoms with Crippen molar-refractivity contribution in [1.29, 1.82) is 0 Å². The van der Waals surface area contributed by atoms with Crippen LogP contribution in [0.15, 0.2) is 0 Å². The highest BCUT2D eigenvalue weighted by Gasteiger charge is 2.39. The Hall–Kier alpha value is -2.16. The van der Waals surface area contributed by atoms with Gasteiger partial charge in [0, 0.05) is 38.8 Å². The smallest absolute Gasteiger partial charge is 0.328 e. The molecule has 2 rings (SSSR count). The van der Waals surface area contributed by atoms with Gasteiger partial charge in [-0.2, -0.15) is 0 Å². The number of ether oxygens (including phenoxy) is 1. The van der Waals surface area contributed by atoms with E-state index < -0.39 is 24.0 Å². The minimum atomic E-state index is -0.818. The number of hydrogen-bond donors (Lipinski definition) is 2. The molecule has 146 valence electrons. The molecule has 9 nitrogen and oxygen atoms in total. The van der Waals surface area contributed by atoms with Gasteiger partial charge in [-0.1, -0.05) is 0 Å². The number of nitrogens with zero attached hydrogens (tertiary/aromatic N) is 2. The lowest BCUT2D eigenvalue weighted by molar-refractivity contribution is -0.664. The number of piperidine rings is 1. The number of methoxy groups -OCH3 is 1. The SMILES string of the molecule is COC(=O)[C@@H](C)NC(=O)[C@H]1CN(C(C)=O)CCN1C(=O)C1CC[NH2+]CC1. The first-order valence-corrected chi connectivity index (χ1v) is 9.11.